The Kier molecular flexibility index (Phi) is 9.08. The van der Waals surface area contributed by atoms with Gasteiger partial charge in [0.2, 0.25) is 0 Å². The normalized spacial score (nSPS) is 18.5. The number of alkyl halides is 3. The van der Waals surface area contributed by atoms with Crippen LogP contribution in [0, 0.1) is 17.6 Å². The highest BCUT2D eigenvalue weighted by Gasteiger charge is 2.51. The molecule has 1 amide bonds. The zero-order valence-corrected chi connectivity index (χ0v) is 24.4. The summed E-state index contributed by atoms with van der Waals surface area (Å²) in [6.07, 6.45) is -4.27. The van der Waals surface area contributed by atoms with Crippen molar-refractivity contribution in [2.24, 2.45) is 10.9 Å². The molecule has 3 aromatic rings. The molecule has 0 radical (unpaired) electrons. The number of amides is 1. The van der Waals surface area contributed by atoms with Crippen molar-refractivity contribution in [2.75, 3.05) is 26.2 Å². The van der Waals surface area contributed by atoms with Gasteiger partial charge in [-0.25, -0.2) is 13.8 Å². The van der Waals surface area contributed by atoms with Crippen molar-refractivity contribution in [1.29, 1.82) is 0 Å². The first kappa shape index (κ1) is 31.6. The van der Waals surface area contributed by atoms with E-state index in [4.69, 9.17) is 9.73 Å². The smallest absolute Gasteiger partial charge is 0.416 e. The molecule has 0 aromatic heterocycles. The van der Waals surface area contributed by atoms with E-state index in [-0.39, 0.29) is 25.1 Å². The molecule has 11 heteroatoms. The van der Waals surface area contributed by atoms with Gasteiger partial charge in [-0.15, -0.1) is 0 Å². The summed E-state index contributed by atoms with van der Waals surface area (Å²) in [7, 11) is 0. The summed E-state index contributed by atoms with van der Waals surface area (Å²) in [5, 5.41) is 11.1. The fourth-order valence-electron chi connectivity index (χ4n) is 5.81. The largest absolute Gasteiger partial charge is 0.490 e. The number of benzene rings is 3. The van der Waals surface area contributed by atoms with Gasteiger partial charge in [-0.2, -0.15) is 13.2 Å². The highest BCUT2D eigenvalue weighted by Crippen LogP contribution is 2.41. The van der Waals surface area contributed by atoms with Crippen molar-refractivity contribution in [3.8, 4) is 5.75 Å². The van der Waals surface area contributed by atoms with E-state index in [1.807, 2.05) is 13.8 Å². The van der Waals surface area contributed by atoms with Gasteiger partial charge in [-0.3, -0.25) is 9.69 Å². The van der Waals surface area contributed by atoms with E-state index < -0.39 is 40.9 Å². The summed E-state index contributed by atoms with van der Waals surface area (Å²) in [5.74, 6) is -0.708. The minimum absolute atomic E-state index is 0.0258. The predicted octanol–water partition coefficient (Wildman–Crippen LogP) is 6.03. The first-order valence-electron chi connectivity index (χ1n) is 14.5. The molecule has 0 aliphatic carbocycles. The minimum atomic E-state index is -4.41. The molecule has 2 heterocycles. The molecule has 0 saturated carbocycles. The number of aliphatic imine (C=N–C) groups is 1. The molecule has 1 atom stereocenters. The monoisotopic (exact) mass is 615 g/mol. The van der Waals surface area contributed by atoms with Crippen LogP contribution in [-0.4, -0.2) is 65.0 Å². The number of halogens is 5. The highest BCUT2D eigenvalue weighted by atomic mass is 19.4. The number of likely N-dealkylation sites (tertiary alicyclic amines) is 1. The topological polar surface area (TPSA) is 65.4 Å². The molecule has 2 aliphatic rings. The third-order valence-corrected chi connectivity index (χ3v) is 8.04. The standard InChI is InChI=1S/C33H34F5N3O3/c1-21(2)30-39-32(22-3-9-25(34)10-4-22,23-5-11-26(35)12-6-23)31(43)41(30)20-27(42)19-40-17-15-29(16-18-40)44-28-13-7-24(8-14-28)33(36,37)38/h3-14,21,27,29,42H,15-20H2,1-2H3. The third kappa shape index (κ3) is 6.63. The van der Waals surface area contributed by atoms with Gasteiger partial charge in [0.1, 0.15) is 29.3 Å². The number of ether oxygens (including phenoxy) is 1. The first-order valence-corrected chi connectivity index (χ1v) is 14.5. The molecule has 3 aromatic carbocycles. The van der Waals surface area contributed by atoms with Gasteiger partial charge < -0.3 is 14.7 Å². The maximum absolute atomic E-state index is 14.3. The summed E-state index contributed by atoms with van der Waals surface area (Å²) >= 11 is 0. The molecule has 6 nitrogen and oxygen atoms in total. The molecule has 234 valence electrons. The lowest BCUT2D eigenvalue weighted by Crippen LogP contribution is -2.49. The first-order chi connectivity index (χ1) is 20.9. The van der Waals surface area contributed by atoms with Gasteiger partial charge in [0.25, 0.3) is 5.91 Å². The molecule has 0 spiro atoms. The Morgan fingerprint density at radius 2 is 1.41 bits per heavy atom. The maximum atomic E-state index is 14.3. The van der Waals surface area contributed by atoms with Crippen LogP contribution >= 0.6 is 0 Å². The van der Waals surface area contributed by atoms with Gasteiger partial charge >= 0.3 is 6.18 Å². The third-order valence-electron chi connectivity index (χ3n) is 8.04. The molecule has 1 unspecified atom stereocenters. The zero-order chi connectivity index (χ0) is 31.6. The molecule has 0 bridgehead atoms. The molecule has 44 heavy (non-hydrogen) atoms. The lowest BCUT2D eigenvalue weighted by atomic mass is 9.82. The molecule has 1 fully saturated rings. The van der Waals surface area contributed by atoms with Crippen molar-refractivity contribution in [3.05, 3.63) is 101 Å². The number of piperidine rings is 1. The van der Waals surface area contributed by atoms with Crippen molar-refractivity contribution in [1.82, 2.24) is 9.80 Å². The number of aliphatic hydroxyl groups excluding tert-OH is 1. The molecular weight excluding hydrogens is 581 g/mol. The lowest BCUT2D eigenvalue weighted by molar-refractivity contribution is -0.137. The van der Waals surface area contributed by atoms with Gasteiger partial charge in [-0.05, 0) is 72.5 Å². The number of aliphatic hydroxyl groups is 1. The Labute approximate surface area is 252 Å². The average Bonchev–Trinajstić information content (AvgIpc) is 3.27. The van der Waals surface area contributed by atoms with E-state index in [2.05, 4.69) is 4.90 Å². The summed E-state index contributed by atoms with van der Waals surface area (Å²) in [5.41, 5.74) is -1.43. The quantitative estimate of drug-likeness (QED) is 0.299. The number of hydrogen-bond donors (Lipinski definition) is 1. The van der Waals surface area contributed by atoms with E-state index in [1.165, 1.54) is 65.6 Å². The second-order valence-corrected chi connectivity index (χ2v) is 11.6. The number of carbonyl (C=O) groups is 1. The Balaban J connectivity index is 1.26. The number of rotatable bonds is 9. The van der Waals surface area contributed by atoms with E-state index in [0.29, 0.717) is 48.6 Å². The van der Waals surface area contributed by atoms with Crippen LogP contribution in [0.4, 0.5) is 22.0 Å². The zero-order valence-electron chi connectivity index (χ0n) is 24.4. The average molecular weight is 616 g/mol. The maximum Gasteiger partial charge on any atom is 0.416 e. The molecule has 5 rings (SSSR count). The van der Waals surface area contributed by atoms with Crippen LogP contribution in [0.25, 0.3) is 0 Å². The van der Waals surface area contributed by atoms with E-state index in [1.54, 1.807) is 0 Å². The van der Waals surface area contributed by atoms with Crippen LogP contribution in [-0.2, 0) is 16.5 Å². The van der Waals surface area contributed by atoms with Crippen molar-refractivity contribution >= 4 is 11.7 Å². The molecule has 2 aliphatic heterocycles. The van der Waals surface area contributed by atoms with Crippen molar-refractivity contribution in [2.45, 2.75) is 50.6 Å². The van der Waals surface area contributed by atoms with E-state index in [9.17, 15) is 31.9 Å². The summed E-state index contributed by atoms with van der Waals surface area (Å²) < 4.78 is 72.1. The van der Waals surface area contributed by atoms with Crippen LogP contribution in [0.15, 0.2) is 77.8 Å². The van der Waals surface area contributed by atoms with Gasteiger partial charge in [-0.1, -0.05) is 38.1 Å². The molecule has 1 N–H and O–H groups in total. The van der Waals surface area contributed by atoms with Crippen molar-refractivity contribution in [3.63, 3.8) is 0 Å². The fraction of sp³-hybridized carbons (Fsp3) is 0.394. The van der Waals surface area contributed by atoms with Crippen LogP contribution < -0.4 is 4.74 Å². The van der Waals surface area contributed by atoms with E-state index in [0.717, 1.165) is 12.1 Å². The Morgan fingerprint density at radius 3 is 1.89 bits per heavy atom. The van der Waals surface area contributed by atoms with Gasteiger partial charge in [0, 0.05) is 25.6 Å². The summed E-state index contributed by atoms with van der Waals surface area (Å²) in [4.78, 5) is 22.7. The number of hydrogen-bond acceptors (Lipinski definition) is 5. The SMILES string of the molecule is CC(C)C1=NC(c2ccc(F)cc2)(c2ccc(F)cc2)C(=O)N1CC(O)CN1CCC(Oc2ccc(C(F)(F)F)cc2)CC1. The highest BCUT2D eigenvalue weighted by molar-refractivity contribution is 6.11. The molecular formula is C33H34F5N3O3. The second kappa shape index (κ2) is 12.6. The second-order valence-electron chi connectivity index (χ2n) is 11.6. The number of amidine groups is 1. The van der Waals surface area contributed by atoms with Crippen LogP contribution in [0.2, 0.25) is 0 Å². The lowest BCUT2D eigenvalue weighted by Gasteiger charge is -2.34. The predicted molar refractivity (Wildman–Crippen MR) is 155 cm³/mol. The van der Waals surface area contributed by atoms with Gasteiger partial charge in [0.15, 0.2) is 5.54 Å². The number of nitrogens with zero attached hydrogens (tertiary/aromatic N) is 3. The summed E-state index contributed by atoms with van der Waals surface area (Å²) in [6.45, 7) is 5.22. The number of carbonyl (C=O) groups excluding carboxylic acids is 1. The Morgan fingerprint density at radius 1 is 0.886 bits per heavy atom. The van der Waals surface area contributed by atoms with Crippen LogP contribution in [0.3, 0.4) is 0 Å². The molecule has 1 saturated heterocycles. The number of β-amino-alcohol motifs (C(OH)–C–C–N with tert-alkyl or cyclic N) is 1. The van der Waals surface area contributed by atoms with Gasteiger partial charge in [0.05, 0.1) is 18.2 Å². The van der Waals surface area contributed by atoms with Crippen molar-refractivity contribution < 1.29 is 36.6 Å². The van der Waals surface area contributed by atoms with Crippen LogP contribution in [0.5, 0.6) is 5.75 Å². The fourth-order valence-corrected chi connectivity index (χ4v) is 5.81. The Hall–Kier alpha value is -3.83. The van der Waals surface area contributed by atoms with E-state index >= 15 is 0 Å². The Bertz CT molecular complexity index is 1420. The minimum Gasteiger partial charge on any atom is -0.490 e. The summed E-state index contributed by atoms with van der Waals surface area (Å²) in [6, 6.07) is 15.6. The van der Waals surface area contributed by atoms with Crippen LogP contribution in [0.1, 0.15) is 43.4 Å².